The van der Waals surface area contributed by atoms with Crippen LogP contribution in [0.25, 0.3) is 0 Å². The Morgan fingerprint density at radius 2 is 1.76 bits per heavy atom. The van der Waals surface area contributed by atoms with Crippen LogP contribution in [0.3, 0.4) is 0 Å². The summed E-state index contributed by atoms with van der Waals surface area (Å²) in [4.78, 5) is 14.5. The number of carbonyl (C=O) groups is 1. The molecule has 21 heavy (non-hydrogen) atoms. The summed E-state index contributed by atoms with van der Waals surface area (Å²) < 4.78 is 5.72. The number of likely N-dealkylation sites (N-methyl/N-ethyl adjacent to an activating group) is 1. The molecule has 1 aliphatic heterocycles. The number of nitrogens with zero attached hydrogens (tertiary/aromatic N) is 1. The number of rotatable bonds is 3. The van der Waals surface area contributed by atoms with Gasteiger partial charge in [0.15, 0.2) is 5.60 Å². The second-order valence-corrected chi connectivity index (χ2v) is 5.57. The van der Waals surface area contributed by atoms with Crippen LogP contribution in [0.1, 0.15) is 12.0 Å². The van der Waals surface area contributed by atoms with Crippen molar-refractivity contribution in [2.75, 3.05) is 18.6 Å². The lowest BCUT2D eigenvalue weighted by atomic mass is 9.85. The lowest BCUT2D eigenvalue weighted by Gasteiger charge is -2.42. The highest BCUT2D eigenvalue weighted by atomic mass is 35.5. The number of halogens is 1. The summed E-state index contributed by atoms with van der Waals surface area (Å²) in [5.41, 5.74) is 0.854. The van der Waals surface area contributed by atoms with E-state index < -0.39 is 5.60 Å². The minimum absolute atomic E-state index is 0.0535. The highest BCUT2D eigenvalue weighted by Gasteiger charge is 2.49. The van der Waals surface area contributed by atoms with Gasteiger partial charge in [0.05, 0.1) is 6.61 Å². The van der Waals surface area contributed by atoms with Crippen molar-refractivity contribution in [2.45, 2.75) is 12.0 Å². The Kier molecular flexibility index (Phi) is 3.70. The van der Waals surface area contributed by atoms with Gasteiger partial charge < -0.3 is 9.64 Å². The molecule has 1 heterocycles. The topological polar surface area (TPSA) is 29.5 Å². The van der Waals surface area contributed by atoms with Gasteiger partial charge in [0.25, 0.3) is 5.91 Å². The van der Waals surface area contributed by atoms with Gasteiger partial charge in [-0.3, -0.25) is 4.79 Å². The first-order valence-corrected chi connectivity index (χ1v) is 7.24. The minimum atomic E-state index is -0.852. The molecule has 0 radical (unpaired) electrons. The van der Waals surface area contributed by atoms with Crippen molar-refractivity contribution >= 4 is 23.2 Å². The SMILES string of the molecule is CN(C(=O)C1(c2ccccc2)CCO1)c1ccc(Cl)cc1. The summed E-state index contributed by atoms with van der Waals surface area (Å²) in [6.07, 6.45) is 0.702. The Morgan fingerprint density at radius 1 is 1.14 bits per heavy atom. The predicted molar refractivity (Wildman–Crippen MR) is 83.6 cm³/mol. The molecule has 1 amide bonds. The number of amides is 1. The monoisotopic (exact) mass is 301 g/mol. The highest BCUT2D eigenvalue weighted by molar-refractivity contribution is 6.30. The zero-order valence-corrected chi connectivity index (χ0v) is 12.5. The molecule has 0 aromatic heterocycles. The van der Waals surface area contributed by atoms with E-state index in [0.29, 0.717) is 18.1 Å². The highest BCUT2D eigenvalue weighted by Crippen LogP contribution is 2.39. The van der Waals surface area contributed by atoms with E-state index in [9.17, 15) is 4.79 Å². The van der Waals surface area contributed by atoms with Gasteiger partial charge in [-0.05, 0) is 29.8 Å². The number of carbonyl (C=O) groups excluding carboxylic acids is 1. The van der Waals surface area contributed by atoms with Gasteiger partial charge in [0.2, 0.25) is 0 Å². The second-order valence-electron chi connectivity index (χ2n) is 5.13. The van der Waals surface area contributed by atoms with Gasteiger partial charge in [0.1, 0.15) is 0 Å². The summed E-state index contributed by atoms with van der Waals surface area (Å²) >= 11 is 5.89. The average molecular weight is 302 g/mol. The van der Waals surface area contributed by atoms with Gasteiger partial charge in [-0.25, -0.2) is 0 Å². The summed E-state index contributed by atoms with van der Waals surface area (Å²) in [6.45, 7) is 0.606. The van der Waals surface area contributed by atoms with Crippen molar-refractivity contribution in [3.8, 4) is 0 Å². The number of anilines is 1. The molecule has 3 nitrogen and oxygen atoms in total. The van der Waals surface area contributed by atoms with Crippen LogP contribution < -0.4 is 4.90 Å². The lowest BCUT2D eigenvalue weighted by Crippen LogP contribution is -2.54. The van der Waals surface area contributed by atoms with Crippen LogP contribution >= 0.6 is 11.6 Å². The molecule has 0 N–H and O–H groups in total. The molecule has 1 unspecified atom stereocenters. The van der Waals surface area contributed by atoms with Gasteiger partial charge in [-0.2, -0.15) is 0 Å². The standard InChI is InChI=1S/C17H16ClNO2/c1-19(15-9-7-14(18)8-10-15)16(20)17(11-12-21-17)13-5-3-2-4-6-13/h2-10H,11-12H2,1H3. The molecule has 2 aromatic rings. The maximum absolute atomic E-state index is 12.9. The van der Waals surface area contributed by atoms with Crippen molar-refractivity contribution in [1.29, 1.82) is 0 Å². The predicted octanol–water partition coefficient (Wildman–Crippen LogP) is 3.62. The van der Waals surface area contributed by atoms with Crippen molar-refractivity contribution in [1.82, 2.24) is 0 Å². The van der Waals surface area contributed by atoms with Crippen LogP contribution in [0.4, 0.5) is 5.69 Å². The molecule has 1 saturated heterocycles. The quantitative estimate of drug-likeness (QED) is 0.866. The molecule has 1 atom stereocenters. The van der Waals surface area contributed by atoms with Crippen LogP contribution in [0.2, 0.25) is 5.02 Å². The van der Waals surface area contributed by atoms with Crippen LogP contribution in [-0.2, 0) is 15.1 Å². The van der Waals surface area contributed by atoms with E-state index in [1.807, 2.05) is 42.5 Å². The van der Waals surface area contributed by atoms with Crippen molar-refractivity contribution in [3.63, 3.8) is 0 Å². The molecule has 108 valence electrons. The lowest BCUT2D eigenvalue weighted by molar-refractivity contribution is -0.177. The van der Waals surface area contributed by atoms with E-state index >= 15 is 0 Å². The molecule has 1 fully saturated rings. The molecule has 1 aliphatic rings. The van der Waals surface area contributed by atoms with Gasteiger partial charge in [-0.1, -0.05) is 41.9 Å². The number of hydrogen-bond acceptors (Lipinski definition) is 2. The summed E-state index contributed by atoms with van der Waals surface area (Å²) in [6, 6.07) is 16.9. The molecule has 3 rings (SSSR count). The van der Waals surface area contributed by atoms with Crippen LogP contribution in [0.5, 0.6) is 0 Å². The Labute approximate surface area is 129 Å². The fourth-order valence-electron chi connectivity index (χ4n) is 2.59. The number of hydrogen-bond donors (Lipinski definition) is 0. The third-order valence-corrected chi connectivity index (χ3v) is 4.16. The van der Waals surface area contributed by atoms with Crippen molar-refractivity contribution < 1.29 is 9.53 Å². The van der Waals surface area contributed by atoms with Crippen LogP contribution in [0, 0.1) is 0 Å². The van der Waals surface area contributed by atoms with Crippen molar-refractivity contribution in [2.24, 2.45) is 0 Å². The van der Waals surface area contributed by atoms with Gasteiger partial charge in [-0.15, -0.1) is 0 Å². The normalized spacial score (nSPS) is 20.7. The molecule has 4 heteroatoms. The Balaban J connectivity index is 1.91. The van der Waals surface area contributed by atoms with E-state index in [1.54, 1.807) is 24.1 Å². The first-order valence-electron chi connectivity index (χ1n) is 6.87. The maximum Gasteiger partial charge on any atom is 0.263 e. The molecule has 0 bridgehead atoms. The van der Waals surface area contributed by atoms with E-state index in [4.69, 9.17) is 16.3 Å². The van der Waals surface area contributed by atoms with Gasteiger partial charge >= 0.3 is 0 Å². The van der Waals surface area contributed by atoms with Crippen LogP contribution in [0.15, 0.2) is 54.6 Å². The third-order valence-electron chi connectivity index (χ3n) is 3.91. The number of benzene rings is 2. The molecule has 2 aromatic carbocycles. The number of ether oxygens (including phenoxy) is 1. The molecule has 0 saturated carbocycles. The smallest absolute Gasteiger partial charge is 0.263 e. The zero-order chi connectivity index (χ0) is 14.9. The zero-order valence-electron chi connectivity index (χ0n) is 11.8. The largest absolute Gasteiger partial charge is 0.360 e. The van der Waals surface area contributed by atoms with E-state index in [0.717, 1.165) is 11.3 Å². The second kappa shape index (κ2) is 5.51. The minimum Gasteiger partial charge on any atom is -0.360 e. The molecular formula is C17H16ClNO2. The average Bonchev–Trinajstić information content (AvgIpc) is 2.47. The molecular weight excluding hydrogens is 286 g/mol. The Morgan fingerprint density at radius 3 is 2.29 bits per heavy atom. The van der Waals surface area contributed by atoms with Gasteiger partial charge in [0, 0.05) is 24.2 Å². The van der Waals surface area contributed by atoms with Crippen LogP contribution in [-0.4, -0.2) is 19.6 Å². The third kappa shape index (κ3) is 2.43. The van der Waals surface area contributed by atoms with E-state index in [-0.39, 0.29) is 5.91 Å². The Bertz CT molecular complexity index is 636. The fourth-order valence-corrected chi connectivity index (χ4v) is 2.71. The molecule has 0 aliphatic carbocycles. The van der Waals surface area contributed by atoms with Crippen molar-refractivity contribution in [3.05, 3.63) is 65.2 Å². The molecule has 0 spiro atoms. The maximum atomic E-state index is 12.9. The Hall–Kier alpha value is -1.84. The summed E-state index contributed by atoms with van der Waals surface area (Å²) in [5, 5.41) is 0.650. The van der Waals surface area contributed by atoms with E-state index in [1.165, 1.54) is 0 Å². The first kappa shape index (κ1) is 14.1. The first-order chi connectivity index (χ1) is 10.1. The van der Waals surface area contributed by atoms with E-state index in [2.05, 4.69) is 0 Å². The summed E-state index contributed by atoms with van der Waals surface area (Å²) in [5.74, 6) is -0.0535. The fraction of sp³-hybridized carbons (Fsp3) is 0.235. The summed E-state index contributed by atoms with van der Waals surface area (Å²) in [7, 11) is 1.76.